The van der Waals surface area contributed by atoms with Gasteiger partial charge < -0.3 is 9.73 Å². The molecule has 1 aromatic heterocycles. The van der Waals surface area contributed by atoms with E-state index in [1.165, 1.54) is 11.8 Å². The summed E-state index contributed by atoms with van der Waals surface area (Å²) in [5.41, 5.74) is 0.812. The number of aromatic nitrogens is 1. The molecule has 1 aliphatic rings. The van der Waals surface area contributed by atoms with Crippen molar-refractivity contribution in [2.75, 3.05) is 5.75 Å². The van der Waals surface area contributed by atoms with E-state index in [4.69, 9.17) is 4.42 Å². The summed E-state index contributed by atoms with van der Waals surface area (Å²) in [6.45, 7) is 3.67. The van der Waals surface area contributed by atoms with Crippen LogP contribution in [0, 0.1) is 13.8 Å². The molecule has 0 atom stereocenters. The number of hydrogen-bond acceptors (Lipinski definition) is 5. The molecular weight excluding hydrogens is 278 g/mol. The minimum absolute atomic E-state index is 0.109. The molecule has 110 valence electrons. The molecular formula is C13H19N3O3S. The summed E-state index contributed by atoms with van der Waals surface area (Å²) in [4.78, 5) is 27.4. The highest BCUT2D eigenvalue weighted by atomic mass is 32.2. The first-order valence-corrected chi connectivity index (χ1v) is 7.70. The van der Waals surface area contributed by atoms with Gasteiger partial charge in [0.2, 0.25) is 5.91 Å². The van der Waals surface area contributed by atoms with Crippen LogP contribution in [0.2, 0.25) is 0 Å². The third kappa shape index (κ3) is 4.26. The van der Waals surface area contributed by atoms with Gasteiger partial charge in [0.05, 0.1) is 11.4 Å². The van der Waals surface area contributed by atoms with E-state index in [1.807, 2.05) is 13.8 Å². The number of carbonyl (C=O) groups is 2. The van der Waals surface area contributed by atoms with E-state index in [0.29, 0.717) is 5.22 Å². The minimum atomic E-state index is -0.415. The second-order valence-corrected chi connectivity index (χ2v) is 5.84. The Hall–Kier alpha value is -1.50. The minimum Gasteiger partial charge on any atom is -0.437 e. The molecule has 1 heterocycles. The average molecular weight is 297 g/mol. The number of hydrogen-bond donors (Lipinski definition) is 2. The number of imide groups is 1. The van der Waals surface area contributed by atoms with E-state index in [2.05, 4.69) is 15.6 Å². The Labute approximate surface area is 122 Å². The van der Waals surface area contributed by atoms with Gasteiger partial charge in [0.1, 0.15) is 5.76 Å². The van der Waals surface area contributed by atoms with Gasteiger partial charge in [-0.3, -0.25) is 10.1 Å². The number of thioether (sulfide) groups is 1. The van der Waals surface area contributed by atoms with Crippen LogP contribution in [0.4, 0.5) is 4.79 Å². The third-order valence-electron chi connectivity index (χ3n) is 3.28. The third-order valence-corrected chi connectivity index (χ3v) is 4.11. The molecule has 7 heteroatoms. The van der Waals surface area contributed by atoms with Crippen LogP contribution in [0.1, 0.15) is 37.1 Å². The average Bonchev–Trinajstić information content (AvgIpc) is 2.98. The van der Waals surface area contributed by atoms with Gasteiger partial charge >= 0.3 is 6.03 Å². The summed E-state index contributed by atoms with van der Waals surface area (Å²) >= 11 is 1.18. The number of carbonyl (C=O) groups excluding carboxylic acids is 2. The van der Waals surface area contributed by atoms with E-state index in [1.54, 1.807) is 0 Å². The standard InChI is InChI=1S/C13H19N3O3S/c1-8-9(2)19-13(14-8)20-7-11(17)16-12(18)15-10-5-3-4-6-10/h10H,3-7H2,1-2H3,(H2,15,16,17,18). The normalized spacial score (nSPS) is 15.3. The Kier molecular flexibility index (Phi) is 5.05. The molecule has 2 rings (SSSR count). The van der Waals surface area contributed by atoms with Crippen molar-refractivity contribution in [3.8, 4) is 0 Å². The number of nitrogens with zero attached hydrogens (tertiary/aromatic N) is 1. The first-order chi connectivity index (χ1) is 9.54. The predicted molar refractivity (Wildman–Crippen MR) is 75.6 cm³/mol. The topological polar surface area (TPSA) is 84.2 Å². The van der Waals surface area contributed by atoms with Gasteiger partial charge in [-0.15, -0.1) is 0 Å². The molecule has 0 radical (unpaired) electrons. The van der Waals surface area contributed by atoms with Crippen LogP contribution in [0.3, 0.4) is 0 Å². The highest BCUT2D eigenvalue weighted by molar-refractivity contribution is 7.99. The molecule has 0 aromatic carbocycles. The van der Waals surface area contributed by atoms with Crippen LogP contribution in [0.25, 0.3) is 0 Å². The van der Waals surface area contributed by atoms with Crippen molar-refractivity contribution in [2.45, 2.75) is 50.8 Å². The summed E-state index contributed by atoms with van der Waals surface area (Å²) in [7, 11) is 0. The first-order valence-electron chi connectivity index (χ1n) is 6.72. The van der Waals surface area contributed by atoms with Crippen molar-refractivity contribution < 1.29 is 14.0 Å². The fourth-order valence-corrected chi connectivity index (χ4v) is 2.80. The first kappa shape index (κ1) is 14.9. The van der Waals surface area contributed by atoms with Crippen molar-refractivity contribution in [1.82, 2.24) is 15.6 Å². The van der Waals surface area contributed by atoms with Crippen LogP contribution in [-0.2, 0) is 4.79 Å². The zero-order valence-corrected chi connectivity index (χ0v) is 12.5. The zero-order chi connectivity index (χ0) is 14.5. The number of nitrogens with one attached hydrogen (secondary N) is 2. The van der Waals surface area contributed by atoms with Gasteiger partial charge in [0.25, 0.3) is 5.22 Å². The summed E-state index contributed by atoms with van der Waals surface area (Å²) in [6.07, 6.45) is 4.26. The summed E-state index contributed by atoms with van der Waals surface area (Å²) < 4.78 is 5.35. The SMILES string of the molecule is Cc1nc(SCC(=O)NC(=O)NC2CCCC2)oc1C. The lowest BCUT2D eigenvalue weighted by atomic mass is 10.2. The molecule has 6 nitrogen and oxygen atoms in total. The lowest BCUT2D eigenvalue weighted by molar-refractivity contribution is -0.117. The lowest BCUT2D eigenvalue weighted by Crippen LogP contribution is -2.44. The van der Waals surface area contributed by atoms with E-state index >= 15 is 0 Å². The number of urea groups is 1. The van der Waals surface area contributed by atoms with Gasteiger partial charge in [-0.05, 0) is 26.7 Å². The Morgan fingerprint density at radius 3 is 2.65 bits per heavy atom. The molecule has 0 aliphatic heterocycles. The van der Waals surface area contributed by atoms with Crippen molar-refractivity contribution in [3.05, 3.63) is 11.5 Å². The molecule has 0 saturated heterocycles. The van der Waals surface area contributed by atoms with Gasteiger partial charge in [-0.1, -0.05) is 24.6 Å². The van der Waals surface area contributed by atoms with Crippen LogP contribution in [-0.4, -0.2) is 28.7 Å². The van der Waals surface area contributed by atoms with Crippen LogP contribution in [0.15, 0.2) is 9.64 Å². The second-order valence-electron chi connectivity index (χ2n) is 4.91. The Morgan fingerprint density at radius 1 is 1.35 bits per heavy atom. The second kappa shape index (κ2) is 6.78. The molecule has 1 saturated carbocycles. The molecule has 1 aliphatic carbocycles. The van der Waals surface area contributed by atoms with Gasteiger partial charge in [-0.2, -0.15) is 0 Å². The van der Waals surface area contributed by atoms with Crippen molar-refractivity contribution >= 4 is 23.7 Å². The lowest BCUT2D eigenvalue weighted by Gasteiger charge is -2.11. The highest BCUT2D eigenvalue weighted by Gasteiger charge is 2.18. The maximum atomic E-state index is 11.6. The Morgan fingerprint density at radius 2 is 2.05 bits per heavy atom. The molecule has 20 heavy (non-hydrogen) atoms. The number of amides is 3. The fraction of sp³-hybridized carbons (Fsp3) is 0.615. The van der Waals surface area contributed by atoms with Crippen LogP contribution >= 0.6 is 11.8 Å². The molecule has 0 bridgehead atoms. The van der Waals surface area contributed by atoms with E-state index in [-0.39, 0.29) is 17.7 Å². The summed E-state index contributed by atoms with van der Waals surface area (Å²) in [5, 5.41) is 5.57. The molecule has 1 fully saturated rings. The smallest absolute Gasteiger partial charge is 0.321 e. The Bertz CT molecular complexity index is 476. The van der Waals surface area contributed by atoms with Crippen LogP contribution in [0.5, 0.6) is 0 Å². The summed E-state index contributed by atoms with van der Waals surface area (Å²) in [5.74, 6) is 0.503. The Balaban J connectivity index is 1.70. The number of rotatable bonds is 4. The predicted octanol–water partition coefficient (Wildman–Crippen LogP) is 2.15. The maximum absolute atomic E-state index is 11.6. The monoisotopic (exact) mass is 297 g/mol. The van der Waals surface area contributed by atoms with Gasteiger partial charge in [-0.25, -0.2) is 9.78 Å². The molecule has 0 spiro atoms. The maximum Gasteiger partial charge on any atom is 0.321 e. The van der Waals surface area contributed by atoms with Gasteiger partial charge in [0, 0.05) is 6.04 Å². The number of oxazole rings is 1. The van der Waals surface area contributed by atoms with E-state index in [0.717, 1.165) is 37.1 Å². The van der Waals surface area contributed by atoms with E-state index in [9.17, 15) is 9.59 Å². The van der Waals surface area contributed by atoms with Crippen LogP contribution < -0.4 is 10.6 Å². The largest absolute Gasteiger partial charge is 0.437 e. The fourth-order valence-electron chi connectivity index (χ4n) is 2.09. The van der Waals surface area contributed by atoms with Crippen molar-refractivity contribution in [2.24, 2.45) is 0 Å². The van der Waals surface area contributed by atoms with Crippen molar-refractivity contribution in [1.29, 1.82) is 0 Å². The molecule has 0 unspecified atom stereocenters. The number of aryl methyl sites for hydroxylation is 2. The van der Waals surface area contributed by atoms with Crippen molar-refractivity contribution in [3.63, 3.8) is 0 Å². The van der Waals surface area contributed by atoms with E-state index < -0.39 is 6.03 Å². The quantitative estimate of drug-likeness (QED) is 0.832. The molecule has 1 aromatic rings. The van der Waals surface area contributed by atoms with Gasteiger partial charge in [0.15, 0.2) is 0 Å². The molecule has 3 amide bonds. The summed E-state index contributed by atoms with van der Waals surface area (Å²) in [6, 6.07) is -0.213. The zero-order valence-electron chi connectivity index (χ0n) is 11.7. The molecule has 2 N–H and O–H groups in total. The highest BCUT2D eigenvalue weighted by Crippen LogP contribution is 2.20.